The number of fused-ring (bicyclic) bond motifs is 1. The number of carbonyl (C=O) groups excluding carboxylic acids is 1. The van der Waals surface area contributed by atoms with Crippen molar-refractivity contribution in [3.05, 3.63) is 82.3 Å². The molecule has 31 heavy (non-hydrogen) atoms. The molecule has 0 aliphatic carbocycles. The van der Waals surface area contributed by atoms with Gasteiger partial charge >= 0.3 is 0 Å². The van der Waals surface area contributed by atoms with E-state index in [9.17, 15) is 4.79 Å². The van der Waals surface area contributed by atoms with Gasteiger partial charge in [-0.3, -0.25) is 4.79 Å². The molecule has 1 N–H and O–H groups in total. The molecular formula is C24H20Cl2N2O3. The highest BCUT2D eigenvalue weighted by molar-refractivity contribution is 6.36. The first-order chi connectivity index (χ1) is 15.0. The first kappa shape index (κ1) is 21.2. The van der Waals surface area contributed by atoms with Gasteiger partial charge in [-0.15, -0.1) is 0 Å². The summed E-state index contributed by atoms with van der Waals surface area (Å²) in [6.45, 7) is 0.456. The molecule has 0 saturated carbocycles. The van der Waals surface area contributed by atoms with Crippen molar-refractivity contribution in [1.29, 1.82) is 0 Å². The molecule has 1 heterocycles. The van der Waals surface area contributed by atoms with E-state index in [2.05, 4.69) is 16.4 Å². The molecule has 0 spiro atoms. The molecule has 0 fully saturated rings. The number of aryl methyl sites for hydroxylation is 1. The highest BCUT2D eigenvalue weighted by Crippen LogP contribution is 2.31. The van der Waals surface area contributed by atoms with Crippen LogP contribution in [0.1, 0.15) is 17.9 Å². The van der Waals surface area contributed by atoms with Gasteiger partial charge in [0.1, 0.15) is 5.75 Å². The second-order valence-electron chi connectivity index (χ2n) is 7.07. The lowest BCUT2D eigenvalue weighted by atomic mass is 10.1. The molecule has 0 aliphatic heterocycles. The maximum absolute atomic E-state index is 12.3. The lowest BCUT2D eigenvalue weighted by molar-refractivity contribution is -0.121. The van der Waals surface area contributed by atoms with Gasteiger partial charge < -0.3 is 14.5 Å². The van der Waals surface area contributed by atoms with Crippen molar-refractivity contribution >= 4 is 39.9 Å². The average Bonchev–Trinajstić information content (AvgIpc) is 3.24. The Balaban J connectivity index is 1.31. The van der Waals surface area contributed by atoms with E-state index < -0.39 is 0 Å². The number of hydrogen-bond acceptors (Lipinski definition) is 4. The number of benzene rings is 3. The highest BCUT2D eigenvalue weighted by Gasteiger charge is 2.12. The van der Waals surface area contributed by atoms with E-state index in [0.29, 0.717) is 40.2 Å². The Morgan fingerprint density at radius 2 is 1.87 bits per heavy atom. The van der Waals surface area contributed by atoms with E-state index >= 15 is 0 Å². The molecule has 1 aromatic heterocycles. The van der Waals surface area contributed by atoms with Gasteiger partial charge in [0.25, 0.3) is 0 Å². The molecule has 0 radical (unpaired) electrons. The van der Waals surface area contributed by atoms with Crippen molar-refractivity contribution in [2.24, 2.45) is 0 Å². The lowest BCUT2D eigenvalue weighted by Crippen LogP contribution is -2.23. The van der Waals surface area contributed by atoms with Crippen molar-refractivity contribution in [3.8, 4) is 17.1 Å². The van der Waals surface area contributed by atoms with Crippen LogP contribution in [0.2, 0.25) is 10.0 Å². The van der Waals surface area contributed by atoms with Crippen molar-refractivity contribution < 1.29 is 13.9 Å². The number of nitrogens with one attached hydrogen (secondary N) is 1. The minimum atomic E-state index is -0.0703. The van der Waals surface area contributed by atoms with Gasteiger partial charge in [0.05, 0.1) is 18.3 Å². The Morgan fingerprint density at radius 1 is 1.06 bits per heavy atom. The largest absolute Gasteiger partial charge is 0.497 e. The summed E-state index contributed by atoms with van der Waals surface area (Å²) in [6.07, 6.45) is 2.28. The smallest absolute Gasteiger partial charge is 0.220 e. The Bertz CT molecular complexity index is 1240. The van der Waals surface area contributed by atoms with Crippen molar-refractivity contribution in [3.63, 3.8) is 0 Å². The molecular weight excluding hydrogens is 435 g/mol. The fraction of sp³-hybridized carbons (Fsp3) is 0.167. The third-order valence-electron chi connectivity index (χ3n) is 4.92. The number of hydrogen-bond donors (Lipinski definition) is 1. The summed E-state index contributed by atoms with van der Waals surface area (Å²) in [4.78, 5) is 16.5. The molecule has 0 atom stereocenters. The van der Waals surface area contributed by atoms with Crippen LogP contribution in [-0.2, 0) is 17.8 Å². The van der Waals surface area contributed by atoms with E-state index in [1.807, 2.05) is 30.3 Å². The van der Waals surface area contributed by atoms with Crippen LogP contribution in [0.25, 0.3) is 22.1 Å². The van der Waals surface area contributed by atoms with Crippen LogP contribution in [0.15, 0.2) is 65.2 Å². The summed E-state index contributed by atoms with van der Waals surface area (Å²) in [6, 6.07) is 17.2. The summed E-state index contributed by atoms with van der Waals surface area (Å²) < 4.78 is 11.0. The average molecular weight is 455 g/mol. The second-order valence-corrected chi connectivity index (χ2v) is 7.91. The molecule has 0 bridgehead atoms. The van der Waals surface area contributed by atoms with Crippen LogP contribution in [0.4, 0.5) is 0 Å². The number of halogens is 2. The predicted molar refractivity (Wildman–Crippen MR) is 123 cm³/mol. The molecule has 5 nitrogen and oxygen atoms in total. The summed E-state index contributed by atoms with van der Waals surface area (Å²) in [5.74, 6) is 1.78. The zero-order valence-electron chi connectivity index (χ0n) is 16.8. The zero-order chi connectivity index (χ0) is 21.8. The van der Waals surface area contributed by atoms with Crippen LogP contribution in [0, 0.1) is 0 Å². The normalized spacial score (nSPS) is 10.9. The maximum Gasteiger partial charge on any atom is 0.220 e. The number of ether oxygens (including phenoxy) is 1. The first-order valence-corrected chi connectivity index (χ1v) is 10.5. The molecule has 7 heteroatoms. The van der Waals surface area contributed by atoms with E-state index in [1.165, 1.54) is 0 Å². The van der Waals surface area contributed by atoms with Gasteiger partial charge in [-0.2, -0.15) is 0 Å². The fourth-order valence-corrected chi connectivity index (χ4v) is 3.76. The van der Waals surface area contributed by atoms with Crippen LogP contribution in [0.3, 0.4) is 0 Å². The van der Waals surface area contributed by atoms with Crippen LogP contribution in [0.5, 0.6) is 5.75 Å². The highest BCUT2D eigenvalue weighted by atomic mass is 35.5. The molecule has 0 aliphatic rings. The summed E-state index contributed by atoms with van der Waals surface area (Å²) in [5.41, 5.74) is 1.74. The van der Waals surface area contributed by atoms with Crippen molar-refractivity contribution in [2.75, 3.05) is 7.11 Å². The number of oxazole rings is 1. The van der Waals surface area contributed by atoms with Crippen LogP contribution in [-0.4, -0.2) is 18.0 Å². The minimum Gasteiger partial charge on any atom is -0.497 e. The van der Waals surface area contributed by atoms with Gasteiger partial charge in [-0.05, 0) is 52.7 Å². The van der Waals surface area contributed by atoms with Gasteiger partial charge in [-0.25, -0.2) is 4.98 Å². The maximum atomic E-state index is 12.3. The molecule has 1 amide bonds. The third-order valence-corrected chi connectivity index (χ3v) is 5.47. The van der Waals surface area contributed by atoms with Crippen LogP contribution >= 0.6 is 23.2 Å². The monoisotopic (exact) mass is 454 g/mol. The number of amides is 1. The Hall–Kier alpha value is -3.02. The van der Waals surface area contributed by atoms with Gasteiger partial charge in [-0.1, -0.05) is 41.4 Å². The predicted octanol–water partition coefficient (Wildman–Crippen LogP) is 6.06. The second kappa shape index (κ2) is 9.41. The number of carbonyl (C=O) groups is 1. The number of nitrogens with zero attached hydrogens (tertiary/aromatic N) is 1. The van der Waals surface area contributed by atoms with Gasteiger partial charge in [0, 0.05) is 30.0 Å². The SMILES string of the molecule is COc1ccc2cc(CNC(=O)CCc3ncc(-c4ccc(Cl)cc4Cl)o3)ccc2c1. The number of rotatable bonds is 7. The minimum absolute atomic E-state index is 0.0703. The summed E-state index contributed by atoms with van der Waals surface area (Å²) >= 11 is 12.1. The van der Waals surface area contributed by atoms with Crippen molar-refractivity contribution in [2.45, 2.75) is 19.4 Å². The van der Waals surface area contributed by atoms with Crippen molar-refractivity contribution in [1.82, 2.24) is 10.3 Å². The quantitative estimate of drug-likeness (QED) is 0.368. The first-order valence-electron chi connectivity index (χ1n) is 9.75. The zero-order valence-corrected chi connectivity index (χ0v) is 18.3. The Labute approximate surface area is 189 Å². The molecule has 4 rings (SSSR count). The molecule has 0 unspecified atom stereocenters. The van der Waals surface area contributed by atoms with Crippen LogP contribution < -0.4 is 10.1 Å². The standard InChI is InChI=1S/C24H20Cl2N2O3/c1-30-19-6-4-16-10-15(2-3-17(16)11-19)13-27-23(29)8-9-24-28-14-22(31-24)20-7-5-18(25)12-21(20)26/h2-7,10-12,14H,8-9,13H2,1H3,(H,27,29). The topological polar surface area (TPSA) is 64.4 Å². The molecule has 158 valence electrons. The van der Waals surface area contributed by atoms with E-state index in [-0.39, 0.29) is 12.3 Å². The van der Waals surface area contributed by atoms with Gasteiger partial charge in [0.2, 0.25) is 5.91 Å². The van der Waals surface area contributed by atoms with E-state index in [4.69, 9.17) is 32.4 Å². The summed E-state index contributed by atoms with van der Waals surface area (Å²) in [5, 5.41) is 6.17. The Kier molecular flexibility index (Phi) is 6.44. The van der Waals surface area contributed by atoms with Gasteiger partial charge in [0.15, 0.2) is 11.7 Å². The lowest BCUT2D eigenvalue weighted by Gasteiger charge is -2.07. The van der Waals surface area contributed by atoms with E-state index in [0.717, 1.165) is 22.1 Å². The Morgan fingerprint density at radius 3 is 2.68 bits per heavy atom. The van der Waals surface area contributed by atoms with E-state index in [1.54, 1.807) is 31.5 Å². The number of methoxy groups -OCH3 is 1. The third kappa shape index (κ3) is 5.19. The summed E-state index contributed by atoms with van der Waals surface area (Å²) in [7, 11) is 1.65. The molecule has 4 aromatic rings. The molecule has 3 aromatic carbocycles. The molecule has 0 saturated heterocycles. The fourth-order valence-electron chi connectivity index (χ4n) is 3.26. The number of aromatic nitrogens is 1.